The molecule has 0 saturated carbocycles. The molecule has 0 bridgehead atoms. The molecule has 1 saturated heterocycles. The Morgan fingerprint density at radius 2 is 1.72 bits per heavy atom. The highest BCUT2D eigenvalue weighted by molar-refractivity contribution is 6.36. The van der Waals surface area contributed by atoms with Crippen molar-refractivity contribution in [3.8, 4) is 11.4 Å². The Hall–Kier alpha value is -2.96. The fourth-order valence-electron chi connectivity index (χ4n) is 4.32. The Morgan fingerprint density at radius 1 is 0.938 bits per heavy atom. The van der Waals surface area contributed by atoms with E-state index in [1.165, 1.54) is 5.69 Å². The third-order valence-electron chi connectivity index (χ3n) is 6.14. The maximum absolute atomic E-state index is 6.57. The number of aryl methyl sites for hydroxylation is 3. The van der Waals surface area contributed by atoms with E-state index in [4.69, 9.17) is 21.1 Å². The molecule has 5 rings (SSSR count). The van der Waals surface area contributed by atoms with Gasteiger partial charge in [0.25, 0.3) is 0 Å². The van der Waals surface area contributed by atoms with Gasteiger partial charge in [0, 0.05) is 48.5 Å². The minimum absolute atomic E-state index is 0.655. The molecule has 0 spiro atoms. The Labute approximate surface area is 192 Å². The second kappa shape index (κ2) is 8.52. The molecule has 2 aromatic carbocycles. The first-order valence-electron chi connectivity index (χ1n) is 10.9. The SMILES string of the molecule is Cc1cc(N2CCN(Cc3nc(-c4ccccc4C)no3)CC2)c2ccc(C)c(Cl)c2n1. The number of pyridine rings is 1. The first kappa shape index (κ1) is 20.9. The molecule has 0 unspecified atom stereocenters. The van der Waals surface area contributed by atoms with E-state index in [9.17, 15) is 0 Å². The van der Waals surface area contributed by atoms with Crippen molar-refractivity contribution >= 4 is 28.2 Å². The molecule has 6 nitrogen and oxygen atoms in total. The molecule has 2 aromatic heterocycles. The van der Waals surface area contributed by atoms with E-state index < -0.39 is 0 Å². The second-order valence-corrected chi connectivity index (χ2v) is 8.84. The van der Waals surface area contributed by atoms with Crippen LogP contribution < -0.4 is 4.90 Å². The molecule has 0 atom stereocenters. The normalized spacial score (nSPS) is 14.9. The summed E-state index contributed by atoms with van der Waals surface area (Å²) in [6, 6.07) is 14.5. The van der Waals surface area contributed by atoms with Crippen LogP contribution in [0, 0.1) is 20.8 Å². The lowest BCUT2D eigenvalue weighted by atomic mass is 10.1. The number of benzene rings is 2. The van der Waals surface area contributed by atoms with E-state index in [1.807, 2.05) is 32.0 Å². The van der Waals surface area contributed by atoms with Crippen LogP contribution in [-0.2, 0) is 6.54 Å². The van der Waals surface area contributed by atoms with Gasteiger partial charge in [0.2, 0.25) is 11.7 Å². The zero-order chi connectivity index (χ0) is 22.2. The van der Waals surface area contributed by atoms with Gasteiger partial charge in [-0.25, -0.2) is 0 Å². The van der Waals surface area contributed by atoms with Gasteiger partial charge in [0.1, 0.15) is 0 Å². The topological polar surface area (TPSA) is 58.3 Å². The molecule has 1 fully saturated rings. The van der Waals surface area contributed by atoms with Gasteiger partial charge in [-0.15, -0.1) is 0 Å². The zero-order valence-corrected chi connectivity index (χ0v) is 19.4. The van der Waals surface area contributed by atoms with Crippen LogP contribution in [-0.4, -0.2) is 46.2 Å². The molecule has 164 valence electrons. The van der Waals surface area contributed by atoms with Gasteiger partial charge >= 0.3 is 0 Å². The van der Waals surface area contributed by atoms with Crippen molar-refractivity contribution in [1.29, 1.82) is 0 Å². The van der Waals surface area contributed by atoms with Crippen LogP contribution in [0.25, 0.3) is 22.3 Å². The maximum Gasteiger partial charge on any atom is 0.241 e. The number of halogens is 1. The van der Waals surface area contributed by atoms with E-state index >= 15 is 0 Å². The standard InChI is InChI=1S/C25H26ClN5O/c1-16-6-4-5-7-19(16)25-28-22(32-29-25)15-30-10-12-31(13-11-30)21-14-18(3)27-24-20(21)9-8-17(2)23(24)26/h4-9,14H,10-13,15H2,1-3H3. The molecule has 3 heterocycles. The average Bonchev–Trinajstić information content (AvgIpc) is 3.25. The van der Waals surface area contributed by atoms with Crippen LogP contribution >= 0.6 is 11.6 Å². The molecule has 0 N–H and O–H groups in total. The third-order valence-corrected chi connectivity index (χ3v) is 6.62. The lowest BCUT2D eigenvalue weighted by Gasteiger charge is -2.36. The monoisotopic (exact) mass is 447 g/mol. The van der Waals surface area contributed by atoms with Gasteiger partial charge in [0.05, 0.1) is 17.1 Å². The highest BCUT2D eigenvalue weighted by Gasteiger charge is 2.22. The summed E-state index contributed by atoms with van der Waals surface area (Å²) in [5.74, 6) is 1.31. The summed E-state index contributed by atoms with van der Waals surface area (Å²) in [5.41, 5.74) is 6.28. The largest absolute Gasteiger partial charge is 0.368 e. The van der Waals surface area contributed by atoms with Crippen LogP contribution in [0.2, 0.25) is 5.02 Å². The van der Waals surface area contributed by atoms with E-state index in [2.05, 4.69) is 51.1 Å². The average molecular weight is 448 g/mol. The Balaban J connectivity index is 1.29. The fourth-order valence-corrected chi connectivity index (χ4v) is 4.52. The molecular weight excluding hydrogens is 422 g/mol. The number of hydrogen-bond acceptors (Lipinski definition) is 6. The molecule has 1 aliphatic rings. The first-order chi connectivity index (χ1) is 15.5. The number of fused-ring (bicyclic) bond motifs is 1. The number of hydrogen-bond donors (Lipinski definition) is 0. The van der Waals surface area contributed by atoms with Crippen molar-refractivity contribution in [3.05, 3.63) is 70.2 Å². The predicted octanol–water partition coefficient (Wildman–Crippen LogP) is 5.19. The summed E-state index contributed by atoms with van der Waals surface area (Å²) in [6.45, 7) is 10.4. The molecule has 7 heteroatoms. The van der Waals surface area contributed by atoms with Crippen molar-refractivity contribution in [1.82, 2.24) is 20.0 Å². The molecule has 0 radical (unpaired) electrons. The van der Waals surface area contributed by atoms with Crippen molar-refractivity contribution in [2.75, 3.05) is 31.1 Å². The lowest BCUT2D eigenvalue weighted by molar-refractivity contribution is 0.215. The Kier molecular flexibility index (Phi) is 5.57. The molecular formula is C25H26ClN5O. The van der Waals surface area contributed by atoms with Crippen LogP contribution in [0.4, 0.5) is 5.69 Å². The van der Waals surface area contributed by atoms with E-state index in [0.717, 1.165) is 64.5 Å². The van der Waals surface area contributed by atoms with Gasteiger partial charge < -0.3 is 9.42 Å². The molecule has 32 heavy (non-hydrogen) atoms. The smallest absolute Gasteiger partial charge is 0.241 e. The van der Waals surface area contributed by atoms with E-state index in [0.29, 0.717) is 18.3 Å². The fraction of sp³-hybridized carbons (Fsp3) is 0.320. The van der Waals surface area contributed by atoms with Crippen LogP contribution in [0.15, 0.2) is 47.0 Å². The van der Waals surface area contributed by atoms with Crippen LogP contribution in [0.5, 0.6) is 0 Å². The van der Waals surface area contributed by atoms with Crippen LogP contribution in [0.1, 0.15) is 22.7 Å². The number of piperazine rings is 1. The molecule has 0 amide bonds. The van der Waals surface area contributed by atoms with E-state index in [-0.39, 0.29) is 0 Å². The van der Waals surface area contributed by atoms with E-state index in [1.54, 1.807) is 0 Å². The molecule has 1 aliphatic heterocycles. The summed E-state index contributed by atoms with van der Waals surface area (Å²) >= 11 is 6.57. The second-order valence-electron chi connectivity index (χ2n) is 8.47. The van der Waals surface area contributed by atoms with Gasteiger partial charge in [-0.2, -0.15) is 4.98 Å². The third kappa shape index (κ3) is 3.96. The number of nitrogens with zero attached hydrogens (tertiary/aromatic N) is 5. The highest BCUT2D eigenvalue weighted by Crippen LogP contribution is 2.33. The summed E-state index contributed by atoms with van der Waals surface area (Å²) in [5, 5.41) is 6.04. The number of aromatic nitrogens is 3. The van der Waals surface area contributed by atoms with Crippen LogP contribution in [0.3, 0.4) is 0 Å². The summed E-state index contributed by atoms with van der Waals surface area (Å²) in [6.07, 6.45) is 0. The quantitative estimate of drug-likeness (QED) is 0.429. The first-order valence-corrected chi connectivity index (χ1v) is 11.3. The van der Waals surface area contributed by atoms with Gasteiger partial charge in [0.15, 0.2) is 0 Å². The lowest BCUT2D eigenvalue weighted by Crippen LogP contribution is -2.46. The van der Waals surface area contributed by atoms with Gasteiger partial charge in [-0.1, -0.05) is 53.2 Å². The number of rotatable bonds is 4. The molecule has 4 aromatic rings. The Bertz CT molecular complexity index is 1280. The van der Waals surface area contributed by atoms with Crippen molar-refractivity contribution in [3.63, 3.8) is 0 Å². The number of anilines is 1. The van der Waals surface area contributed by atoms with Crippen molar-refractivity contribution < 1.29 is 4.52 Å². The zero-order valence-electron chi connectivity index (χ0n) is 18.6. The minimum atomic E-state index is 0.655. The predicted molar refractivity (Wildman–Crippen MR) is 128 cm³/mol. The van der Waals surface area contributed by atoms with Crippen molar-refractivity contribution in [2.45, 2.75) is 27.3 Å². The van der Waals surface area contributed by atoms with Crippen molar-refractivity contribution in [2.24, 2.45) is 0 Å². The Morgan fingerprint density at radius 3 is 2.50 bits per heavy atom. The minimum Gasteiger partial charge on any atom is -0.368 e. The van der Waals surface area contributed by atoms with Gasteiger partial charge in [-0.3, -0.25) is 9.88 Å². The summed E-state index contributed by atoms with van der Waals surface area (Å²) in [4.78, 5) is 14.1. The maximum atomic E-state index is 6.57. The molecule has 0 aliphatic carbocycles. The van der Waals surface area contributed by atoms with Gasteiger partial charge in [-0.05, 0) is 38.0 Å². The summed E-state index contributed by atoms with van der Waals surface area (Å²) in [7, 11) is 0. The highest BCUT2D eigenvalue weighted by atomic mass is 35.5. The summed E-state index contributed by atoms with van der Waals surface area (Å²) < 4.78 is 5.55.